The molecule has 0 atom stereocenters. The zero-order valence-corrected chi connectivity index (χ0v) is 9.01. The smallest absolute Gasteiger partial charge is 0.389 e. The molecule has 0 saturated carbocycles. The Balaban J connectivity index is 3.26. The summed E-state index contributed by atoms with van der Waals surface area (Å²) in [6, 6.07) is 0. The summed E-state index contributed by atoms with van der Waals surface area (Å²) in [6.45, 7) is 2.36. The lowest BCUT2D eigenvalue weighted by Crippen LogP contribution is -2.06. The van der Waals surface area contributed by atoms with E-state index in [0.717, 1.165) is 0 Å². The monoisotopic (exact) mass is 228 g/mol. The van der Waals surface area contributed by atoms with E-state index in [1.165, 1.54) is 0 Å². The quantitative estimate of drug-likeness (QED) is 0.504. The molecule has 0 spiro atoms. The van der Waals surface area contributed by atoms with Gasteiger partial charge in [-0.25, -0.2) is 0 Å². The van der Waals surface area contributed by atoms with E-state index in [1.54, 1.807) is 0 Å². The van der Waals surface area contributed by atoms with E-state index in [1.807, 2.05) is 6.92 Å². The number of hydrogen-bond donors (Lipinski definition) is 0. The first kappa shape index (κ1) is 13.7. The van der Waals surface area contributed by atoms with Crippen molar-refractivity contribution < 1.29 is 17.9 Å². The van der Waals surface area contributed by atoms with Gasteiger partial charge in [-0.2, -0.15) is 13.2 Å². The van der Waals surface area contributed by atoms with Gasteiger partial charge in [0.1, 0.15) is 0 Å². The van der Waals surface area contributed by atoms with Crippen LogP contribution in [0, 0.1) is 0 Å². The predicted octanol–water partition coefficient (Wildman–Crippen LogP) is 3.86. The summed E-state index contributed by atoms with van der Waals surface area (Å²) in [5.41, 5.74) is 0. The molecule has 1 nitrogen and oxygen atoms in total. The molecule has 0 N–H and O–H groups in total. The Bertz CT molecular complexity index is 168. The number of alkyl halides is 3. The molecule has 0 rings (SSSR count). The standard InChI is InChI=1S/C9H15F3OS/c1-2-13-8(14)6-4-3-5-7-9(10,11)12/h2-7H2,1H3. The van der Waals surface area contributed by atoms with Crippen molar-refractivity contribution in [1.29, 1.82) is 0 Å². The Labute approximate surface area is 87.6 Å². The van der Waals surface area contributed by atoms with Crippen molar-refractivity contribution in [1.82, 2.24) is 0 Å². The van der Waals surface area contributed by atoms with Gasteiger partial charge in [0.05, 0.1) is 6.61 Å². The second-order valence-electron chi connectivity index (χ2n) is 2.98. The average Bonchev–Trinajstić information content (AvgIpc) is 2.02. The van der Waals surface area contributed by atoms with E-state index in [4.69, 9.17) is 17.0 Å². The highest BCUT2D eigenvalue weighted by molar-refractivity contribution is 7.80. The normalized spacial score (nSPS) is 11.4. The molecule has 5 heteroatoms. The maximum absolute atomic E-state index is 11.7. The molecule has 0 aliphatic carbocycles. The van der Waals surface area contributed by atoms with E-state index in [0.29, 0.717) is 30.9 Å². The molecule has 0 aromatic carbocycles. The lowest BCUT2D eigenvalue weighted by Gasteiger charge is -2.06. The first-order valence-corrected chi connectivity index (χ1v) is 5.09. The molecule has 0 amide bonds. The third-order valence-electron chi connectivity index (χ3n) is 1.65. The van der Waals surface area contributed by atoms with Crippen LogP contribution in [0.4, 0.5) is 13.2 Å². The van der Waals surface area contributed by atoms with Gasteiger partial charge in [-0.3, -0.25) is 0 Å². The molecule has 0 radical (unpaired) electrons. The van der Waals surface area contributed by atoms with Gasteiger partial charge in [0.15, 0.2) is 5.05 Å². The van der Waals surface area contributed by atoms with Gasteiger partial charge in [0.2, 0.25) is 0 Å². The summed E-state index contributed by atoms with van der Waals surface area (Å²) in [4.78, 5) is 0. The number of thiocarbonyl (C=S) groups is 1. The molecule has 0 bridgehead atoms. The fourth-order valence-corrected chi connectivity index (χ4v) is 1.27. The van der Waals surface area contributed by atoms with Crippen molar-refractivity contribution in [2.45, 2.75) is 45.2 Å². The zero-order chi connectivity index (χ0) is 11.0. The minimum atomic E-state index is -4.03. The van der Waals surface area contributed by atoms with Crippen LogP contribution in [-0.4, -0.2) is 17.8 Å². The van der Waals surface area contributed by atoms with Crippen molar-refractivity contribution >= 4 is 17.3 Å². The van der Waals surface area contributed by atoms with Crippen LogP contribution in [0.15, 0.2) is 0 Å². The summed E-state index contributed by atoms with van der Waals surface area (Å²) in [7, 11) is 0. The van der Waals surface area contributed by atoms with Gasteiger partial charge < -0.3 is 4.74 Å². The molecule has 0 heterocycles. The first-order chi connectivity index (χ1) is 6.45. The third kappa shape index (κ3) is 9.77. The van der Waals surface area contributed by atoms with Crippen LogP contribution >= 0.6 is 12.2 Å². The predicted molar refractivity (Wildman–Crippen MR) is 53.4 cm³/mol. The molecule has 0 fully saturated rings. The van der Waals surface area contributed by atoms with E-state index in [9.17, 15) is 13.2 Å². The largest absolute Gasteiger partial charge is 0.487 e. The molecule has 14 heavy (non-hydrogen) atoms. The summed E-state index contributed by atoms with van der Waals surface area (Å²) < 4.78 is 40.1. The van der Waals surface area contributed by atoms with E-state index in [-0.39, 0.29) is 6.42 Å². The third-order valence-corrected chi connectivity index (χ3v) is 1.97. The lowest BCUT2D eigenvalue weighted by molar-refractivity contribution is -0.135. The SMILES string of the molecule is CCOC(=S)CCCCCC(F)(F)F. The van der Waals surface area contributed by atoms with Crippen LogP contribution in [0.1, 0.15) is 39.0 Å². The molecule has 84 valence electrons. The molecule has 0 aromatic rings. The highest BCUT2D eigenvalue weighted by atomic mass is 32.1. The van der Waals surface area contributed by atoms with Crippen LogP contribution in [0.5, 0.6) is 0 Å². The van der Waals surface area contributed by atoms with Gasteiger partial charge in [-0.15, -0.1) is 0 Å². The minimum Gasteiger partial charge on any atom is -0.487 e. The lowest BCUT2D eigenvalue weighted by atomic mass is 10.1. The fraction of sp³-hybridized carbons (Fsp3) is 0.889. The van der Waals surface area contributed by atoms with Gasteiger partial charge in [0.25, 0.3) is 0 Å². The zero-order valence-electron chi connectivity index (χ0n) is 8.19. The number of hydrogen-bond acceptors (Lipinski definition) is 2. The summed E-state index contributed by atoms with van der Waals surface area (Å²) in [5.74, 6) is 0. The van der Waals surface area contributed by atoms with Crippen LogP contribution in [-0.2, 0) is 4.74 Å². The highest BCUT2D eigenvalue weighted by Crippen LogP contribution is 2.22. The summed E-state index contributed by atoms with van der Waals surface area (Å²) in [6.07, 6.45) is -2.74. The molecular weight excluding hydrogens is 213 g/mol. The van der Waals surface area contributed by atoms with Crippen molar-refractivity contribution in [2.24, 2.45) is 0 Å². The molecule has 0 aliphatic rings. The summed E-state index contributed by atoms with van der Waals surface area (Å²) >= 11 is 4.83. The number of rotatable bonds is 6. The van der Waals surface area contributed by atoms with Crippen molar-refractivity contribution in [3.05, 3.63) is 0 Å². The van der Waals surface area contributed by atoms with Gasteiger partial charge in [-0.1, -0.05) is 6.42 Å². The van der Waals surface area contributed by atoms with Gasteiger partial charge >= 0.3 is 6.18 Å². The number of halogens is 3. The van der Waals surface area contributed by atoms with Crippen molar-refractivity contribution in [3.8, 4) is 0 Å². The van der Waals surface area contributed by atoms with E-state index < -0.39 is 12.6 Å². The minimum absolute atomic E-state index is 0.179. The van der Waals surface area contributed by atoms with Gasteiger partial charge in [0, 0.05) is 12.8 Å². The number of unbranched alkanes of at least 4 members (excludes halogenated alkanes) is 2. The second-order valence-corrected chi connectivity index (χ2v) is 3.44. The van der Waals surface area contributed by atoms with Crippen LogP contribution in [0.2, 0.25) is 0 Å². The molecule has 0 aliphatic heterocycles. The van der Waals surface area contributed by atoms with E-state index >= 15 is 0 Å². The highest BCUT2D eigenvalue weighted by Gasteiger charge is 2.25. The van der Waals surface area contributed by atoms with E-state index in [2.05, 4.69) is 0 Å². The molecule has 0 unspecified atom stereocenters. The summed E-state index contributed by atoms with van der Waals surface area (Å²) in [5, 5.41) is 0.500. The van der Waals surface area contributed by atoms with Gasteiger partial charge in [-0.05, 0) is 32.0 Å². The molecule has 0 saturated heterocycles. The van der Waals surface area contributed by atoms with Crippen LogP contribution in [0.3, 0.4) is 0 Å². The fourth-order valence-electron chi connectivity index (χ4n) is 1.00. The first-order valence-electron chi connectivity index (χ1n) is 4.68. The van der Waals surface area contributed by atoms with Crippen molar-refractivity contribution in [3.63, 3.8) is 0 Å². The van der Waals surface area contributed by atoms with Crippen LogP contribution in [0.25, 0.3) is 0 Å². The maximum Gasteiger partial charge on any atom is 0.389 e. The number of ether oxygens (including phenoxy) is 1. The maximum atomic E-state index is 11.7. The van der Waals surface area contributed by atoms with Crippen LogP contribution < -0.4 is 0 Å². The Morgan fingerprint density at radius 1 is 1.21 bits per heavy atom. The Hall–Kier alpha value is -0.320. The Morgan fingerprint density at radius 2 is 1.86 bits per heavy atom. The molecular formula is C9H15F3OS. The topological polar surface area (TPSA) is 9.23 Å². The average molecular weight is 228 g/mol. The Kier molecular flexibility index (Phi) is 6.87. The molecule has 0 aromatic heterocycles. The Morgan fingerprint density at radius 3 is 2.36 bits per heavy atom. The van der Waals surface area contributed by atoms with Crippen molar-refractivity contribution in [2.75, 3.05) is 6.61 Å². The second kappa shape index (κ2) is 7.04.